The van der Waals surface area contributed by atoms with Gasteiger partial charge in [-0.1, -0.05) is 0 Å². The summed E-state index contributed by atoms with van der Waals surface area (Å²) in [6, 6.07) is 0.615. The Balaban J connectivity index is 1.78. The molecule has 1 aromatic rings. The van der Waals surface area contributed by atoms with E-state index in [1.165, 1.54) is 24.4 Å². The summed E-state index contributed by atoms with van der Waals surface area (Å²) in [5, 5.41) is 7.65. The monoisotopic (exact) mass is 198 g/mol. The second-order valence-corrected chi connectivity index (χ2v) is 4.07. The third-order valence-corrected chi connectivity index (χ3v) is 2.95. The molecule has 1 unspecified atom stereocenters. The molecule has 4 nitrogen and oxygen atoms in total. The summed E-state index contributed by atoms with van der Waals surface area (Å²) in [5.74, 6) is 0.854. The van der Waals surface area contributed by atoms with E-state index in [0.29, 0.717) is 6.04 Å². The van der Waals surface area contributed by atoms with Gasteiger partial charge in [-0.05, 0) is 26.3 Å². The van der Waals surface area contributed by atoms with Gasteiger partial charge in [0.15, 0.2) is 0 Å². The lowest BCUT2D eigenvalue weighted by Crippen LogP contribution is -2.29. The highest BCUT2D eigenvalue weighted by Crippen LogP contribution is 2.11. The molecule has 72 valence electrons. The summed E-state index contributed by atoms with van der Waals surface area (Å²) in [4.78, 5) is 4.24. The molecule has 1 aliphatic heterocycles. The largest absolute Gasteiger partial charge is 0.359 e. The molecular weight excluding hydrogens is 184 g/mol. The van der Waals surface area contributed by atoms with Gasteiger partial charge < -0.3 is 10.6 Å². The van der Waals surface area contributed by atoms with E-state index in [9.17, 15) is 0 Å². The van der Waals surface area contributed by atoms with Gasteiger partial charge in [0.25, 0.3) is 0 Å². The Bertz CT molecular complexity index is 267. The van der Waals surface area contributed by atoms with Crippen molar-refractivity contribution in [2.24, 2.45) is 0 Å². The molecular formula is C8H14N4S. The SMILES string of the molecule is Cc1nsc(NCC2CCCN2)n1. The highest BCUT2D eigenvalue weighted by molar-refractivity contribution is 7.09. The number of nitrogens with one attached hydrogen (secondary N) is 2. The first-order valence-corrected chi connectivity index (χ1v) is 5.39. The van der Waals surface area contributed by atoms with Crippen molar-refractivity contribution >= 4 is 16.7 Å². The lowest BCUT2D eigenvalue weighted by atomic mass is 10.2. The summed E-state index contributed by atoms with van der Waals surface area (Å²) < 4.78 is 4.11. The summed E-state index contributed by atoms with van der Waals surface area (Å²) in [6.07, 6.45) is 2.56. The zero-order valence-corrected chi connectivity index (χ0v) is 8.52. The summed E-state index contributed by atoms with van der Waals surface area (Å²) >= 11 is 1.43. The molecule has 1 saturated heterocycles. The minimum atomic E-state index is 0.615. The standard InChI is InChI=1S/C8H14N4S/c1-6-11-8(13-12-6)10-5-7-3-2-4-9-7/h7,9H,2-5H2,1H3,(H,10,11,12). The minimum absolute atomic E-state index is 0.615. The Labute approximate surface area is 81.9 Å². The highest BCUT2D eigenvalue weighted by Gasteiger charge is 2.13. The number of rotatable bonds is 3. The molecule has 0 amide bonds. The summed E-state index contributed by atoms with van der Waals surface area (Å²) in [6.45, 7) is 4.03. The van der Waals surface area contributed by atoms with Gasteiger partial charge in [-0.3, -0.25) is 0 Å². The third kappa shape index (κ3) is 2.38. The lowest BCUT2D eigenvalue weighted by Gasteiger charge is -2.09. The van der Waals surface area contributed by atoms with E-state index in [1.807, 2.05) is 6.92 Å². The first kappa shape index (κ1) is 8.90. The van der Waals surface area contributed by atoms with Crippen molar-refractivity contribution < 1.29 is 0 Å². The molecule has 0 radical (unpaired) electrons. The van der Waals surface area contributed by atoms with E-state index in [1.54, 1.807) is 0 Å². The molecule has 0 aromatic carbocycles. The summed E-state index contributed by atoms with van der Waals surface area (Å²) in [5.41, 5.74) is 0. The number of aromatic nitrogens is 2. The molecule has 1 fully saturated rings. The van der Waals surface area contributed by atoms with Crippen LogP contribution in [-0.2, 0) is 0 Å². The van der Waals surface area contributed by atoms with Gasteiger partial charge in [0.1, 0.15) is 5.82 Å². The topological polar surface area (TPSA) is 49.8 Å². The molecule has 0 saturated carbocycles. The lowest BCUT2D eigenvalue weighted by molar-refractivity contribution is 0.633. The maximum Gasteiger partial charge on any atom is 0.202 e. The number of hydrogen-bond acceptors (Lipinski definition) is 5. The van der Waals surface area contributed by atoms with Crippen LogP contribution in [0.3, 0.4) is 0 Å². The van der Waals surface area contributed by atoms with Crippen LogP contribution in [0, 0.1) is 6.92 Å². The van der Waals surface area contributed by atoms with Crippen molar-refractivity contribution in [2.75, 3.05) is 18.4 Å². The van der Waals surface area contributed by atoms with Crippen LogP contribution in [0.4, 0.5) is 5.13 Å². The molecule has 0 spiro atoms. The average Bonchev–Trinajstić information content (AvgIpc) is 2.71. The normalized spacial score (nSPS) is 22.1. The van der Waals surface area contributed by atoms with Gasteiger partial charge in [0.05, 0.1) is 0 Å². The summed E-state index contributed by atoms with van der Waals surface area (Å²) in [7, 11) is 0. The van der Waals surface area contributed by atoms with E-state index < -0.39 is 0 Å². The van der Waals surface area contributed by atoms with E-state index >= 15 is 0 Å². The minimum Gasteiger partial charge on any atom is -0.359 e. The fraction of sp³-hybridized carbons (Fsp3) is 0.750. The van der Waals surface area contributed by atoms with Crippen molar-refractivity contribution in [3.05, 3.63) is 5.82 Å². The Morgan fingerprint density at radius 1 is 1.69 bits per heavy atom. The molecule has 1 aliphatic rings. The van der Waals surface area contributed by atoms with Gasteiger partial charge in [-0.25, -0.2) is 4.98 Å². The Morgan fingerprint density at radius 2 is 2.62 bits per heavy atom. The molecule has 13 heavy (non-hydrogen) atoms. The van der Waals surface area contributed by atoms with Crippen molar-refractivity contribution in [2.45, 2.75) is 25.8 Å². The maximum absolute atomic E-state index is 4.24. The van der Waals surface area contributed by atoms with Crippen LogP contribution in [0.5, 0.6) is 0 Å². The van der Waals surface area contributed by atoms with Gasteiger partial charge >= 0.3 is 0 Å². The number of anilines is 1. The van der Waals surface area contributed by atoms with Crippen LogP contribution in [0.2, 0.25) is 0 Å². The molecule has 0 aliphatic carbocycles. The fourth-order valence-corrected chi connectivity index (χ4v) is 2.09. The Hall–Kier alpha value is -0.680. The molecule has 2 heterocycles. The molecule has 0 bridgehead atoms. The van der Waals surface area contributed by atoms with Gasteiger partial charge in [0, 0.05) is 24.1 Å². The Morgan fingerprint density at radius 3 is 3.23 bits per heavy atom. The smallest absolute Gasteiger partial charge is 0.202 e. The average molecular weight is 198 g/mol. The molecule has 1 aromatic heterocycles. The molecule has 5 heteroatoms. The fourth-order valence-electron chi connectivity index (χ4n) is 1.51. The van der Waals surface area contributed by atoms with Crippen LogP contribution < -0.4 is 10.6 Å². The van der Waals surface area contributed by atoms with Crippen LogP contribution in [0.1, 0.15) is 18.7 Å². The zero-order chi connectivity index (χ0) is 9.10. The molecule has 2 N–H and O–H groups in total. The van der Waals surface area contributed by atoms with E-state index in [4.69, 9.17) is 0 Å². The van der Waals surface area contributed by atoms with E-state index in [0.717, 1.165) is 24.0 Å². The van der Waals surface area contributed by atoms with Crippen molar-refractivity contribution in [3.8, 4) is 0 Å². The van der Waals surface area contributed by atoms with Crippen molar-refractivity contribution in [3.63, 3.8) is 0 Å². The van der Waals surface area contributed by atoms with Gasteiger partial charge in [-0.2, -0.15) is 4.37 Å². The second-order valence-electron chi connectivity index (χ2n) is 3.32. The quantitative estimate of drug-likeness (QED) is 0.761. The predicted molar refractivity (Wildman–Crippen MR) is 54.2 cm³/mol. The van der Waals surface area contributed by atoms with E-state index in [-0.39, 0.29) is 0 Å². The predicted octanol–water partition coefficient (Wildman–Crippen LogP) is 1.01. The third-order valence-electron chi connectivity index (χ3n) is 2.19. The zero-order valence-electron chi connectivity index (χ0n) is 7.71. The van der Waals surface area contributed by atoms with Crippen LogP contribution >= 0.6 is 11.5 Å². The Kier molecular flexibility index (Phi) is 2.75. The first-order valence-electron chi connectivity index (χ1n) is 4.62. The van der Waals surface area contributed by atoms with Gasteiger partial charge in [-0.15, -0.1) is 0 Å². The number of hydrogen-bond donors (Lipinski definition) is 2. The van der Waals surface area contributed by atoms with Crippen LogP contribution in [0.15, 0.2) is 0 Å². The van der Waals surface area contributed by atoms with Crippen molar-refractivity contribution in [1.29, 1.82) is 0 Å². The maximum atomic E-state index is 4.24. The van der Waals surface area contributed by atoms with Crippen LogP contribution in [-0.4, -0.2) is 28.5 Å². The van der Waals surface area contributed by atoms with Crippen LogP contribution in [0.25, 0.3) is 0 Å². The molecule has 2 rings (SSSR count). The first-order chi connectivity index (χ1) is 6.34. The molecule has 1 atom stereocenters. The van der Waals surface area contributed by atoms with E-state index in [2.05, 4.69) is 20.0 Å². The van der Waals surface area contributed by atoms with Crippen molar-refractivity contribution in [1.82, 2.24) is 14.7 Å². The van der Waals surface area contributed by atoms with Gasteiger partial charge in [0.2, 0.25) is 5.13 Å². The number of nitrogens with zero attached hydrogens (tertiary/aromatic N) is 2. The number of aryl methyl sites for hydroxylation is 1. The second kappa shape index (κ2) is 4.02. The highest BCUT2D eigenvalue weighted by atomic mass is 32.1.